The molecular weight excluding hydrogens is 488 g/mol. The first-order valence-electron chi connectivity index (χ1n) is 12.5. The van der Waals surface area contributed by atoms with E-state index < -0.39 is 6.04 Å². The molecular formula is C27H34N6O3S. The van der Waals surface area contributed by atoms with Crippen LogP contribution in [-0.4, -0.2) is 53.3 Å². The number of carbonyl (C=O) groups is 1. The second-order valence-corrected chi connectivity index (χ2v) is 10.3. The van der Waals surface area contributed by atoms with E-state index in [2.05, 4.69) is 39.8 Å². The highest BCUT2D eigenvalue weighted by atomic mass is 32.2. The lowest BCUT2D eigenvalue weighted by atomic mass is 10.0. The summed E-state index contributed by atoms with van der Waals surface area (Å²) in [6.45, 7) is 5.45. The summed E-state index contributed by atoms with van der Waals surface area (Å²) in [6.07, 6.45) is 4.44. The average Bonchev–Trinajstić information content (AvgIpc) is 3.41. The van der Waals surface area contributed by atoms with Crippen molar-refractivity contribution >= 4 is 35.3 Å². The molecule has 3 N–H and O–H groups in total. The molecule has 10 heteroatoms. The van der Waals surface area contributed by atoms with E-state index in [9.17, 15) is 4.79 Å². The van der Waals surface area contributed by atoms with Crippen molar-refractivity contribution in [1.82, 2.24) is 20.3 Å². The van der Waals surface area contributed by atoms with Crippen LogP contribution in [0.4, 0.5) is 17.6 Å². The van der Waals surface area contributed by atoms with Crippen LogP contribution in [0.3, 0.4) is 0 Å². The van der Waals surface area contributed by atoms with Crippen LogP contribution in [0, 0.1) is 5.92 Å². The summed E-state index contributed by atoms with van der Waals surface area (Å²) < 4.78 is 10.9. The van der Waals surface area contributed by atoms with E-state index in [-0.39, 0.29) is 12.0 Å². The molecule has 2 aromatic heterocycles. The lowest BCUT2D eigenvalue weighted by Gasteiger charge is -2.22. The number of nitrogens with one attached hydrogen (secondary N) is 3. The lowest BCUT2D eigenvalue weighted by Crippen LogP contribution is -2.43. The Morgan fingerprint density at radius 3 is 2.68 bits per heavy atom. The van der Waals surface area contributed by atoms with Gasteiger partial charge in [-0.15, -0.1) is 0 Å². The molecule has 0 bridgehead atoms. The Hall–Kier alpha value is -3.37. The summed E-state index contributed by atoms with van der Waals surface area (Å²) in [7, 11) is 1.64. The Morgan fingerprint density at radius 2 is 2.00 bits per heavy atom. The number of amides is 1. The van der Waals surface area contributed by atoms with Crippen molar-refractivity contribution in [2.75, 3.05) is 30.9 Å². The molecule has 1 fully saturated rings. The fourth-order valence-electron chi connectivity index (χ4n) is 3.94. The van der Waals surface area contributed by atoms with E-state index in [1.807, 2.05) is 48.5 Å². The summed E-state index contributed by atoms with van der Waals surface area (Å²) in [5.41, 5.74) is 0. The number of hydrogen-bond donors (Lipinski definition) is 3. The molecule has 0 radical (unpaired) electrons. The van der Waals surface area contributed by atoms with Gasteiger partial charge >= 0.3 is 0 Å². The number of aromatic nitrogens is 3. The zero-order valence-electron chi connectivity index (χ0n) is 21.4. The normalized spacial score (nSPS) is 15.8. The van der Waals surface area contributed by atoms with E-state index in [0.29, 0.717) is 36.5 Å². The molecule has 196 valence electrons. The predicted octanol–water partition coefficient (Wildman–Crippen LogP) is 4.90. The summed E-state index contributed by atoms with van der Waals surface area (Å²) in [5.74, 6) is 2.62. The van der Waals surface area contributed by atoms with Gasteiger partial charge in [-0.25, -0.2) is 9.97 Å². The third kappa shape index (κ3) is 8.33. The summed E-state index contributed by atoms with van der Waals surface area (Å²) in [4.78, 5) is 27.8. The Bertz CT molecular complexity index is 1140. The van der Waals surface area contributed by atoms with Crippen LogP contribution in [0.1, 0.15) is 33.1 Å². The predicted molar refractivity (Wildman–Crippen MR) is 146 cm³/mol. The summed E-state index contributed by atoms with van der Waals surface area (Å²) in [6, 6.07) is 14.8. The number of ether oxygens (including phenoxy) is 2. The Morgan fingerprint density at radius 1 is 1.16 bits per heavy atom. The van der Waals surface area contributed by atoms with Gasteiger partial charge in [0.2, 0.25) is 11.9 Å². The van der Waals surface area contributed by atoms with Gasteiger partial charge in [0, 0.05) is 30.3 Å². The van der Waals surface area contributed by atoms with Crippen LogP contribution in [-0.2, 0) is 9.53 Å². The molecule has 1 aliphatic rings. The monoisotopic (exact) mass is 522 g/mol. The molecule has 3 aromatic rings. The Labute approximate surface area is 222 Å². The van der Waals surface area contributed by atoms with Crippen molar-refractivity contribution in [2.24, 2.45) is 5.92 Å². The summed E-state index contributed by atoms with van der Waals surface area (Å²) in [5, 5.41) is 10.3. The molecule has 1 amide bonds. The quantitative estimate of drug-likeness (QED) is 0.286. The molecule has 2 atom stereocenters. The topological polar surface area (TPSA) is 110 Å². The van der Waals surface area contributed by atoms with Crippen LogP contribution < -0.4 is 20.7 Å². The standard InChI is InChI=1S/C27H34N6O3S/c1-18(2)15-22(26(34)29-17-20-7-6-14-36-20)30-27-32-24(31-23-8-4-5-13-28-23)16-25(33-27)37-21-11-9-19(35-3)10-12-21/h4-5,8-13,16,18,20,22H,6-7,14-15,17H2,1-3H3,(H,29,34)(H2,28,30,31,32,33)/t20?,22-/m0/s1. The van der Waals surface area contributed by atoms with E-state index >= 15 is 0 Å². The average molecular weight is 523 g/mol. The minimum Gasteiger partial charge on any atom is -0.497 e. The third-order valence-corrected chi connectivity index (χ3v) is 6.69. The van der Waals surface area contributed by atoms with Crippen molar-refractivity contribution in [2.45, 2.75) is 55.2 Å². The second kappa shape index (κ2) is 13.3. The fraction of sp³-hybridized carbons (Fsp3) is 0.407. The Kier molecular flexibility index (Phi) is 9.56. The number of hydrogen-bond acceptors (Lipinski definition) is 9. The molecule has 37 heavy (non-hydrogen) atoms. The molecule has 1 saturated heterocycles. The van der Waals surface area contributed by atoms with Crippen LogP contribution in [0.15, 0.2) is 64.6 Å². The first kappa shape index (κ1) is 26.7. The molecule has 0 aliphatic carbocycles. The highest BCUT2D eigenvalue weighted by molar-refractivity contribution is 7.99. The molecule has 0 spiro atoms. The van der Waals surface area contributed by atoms with Crippen LogP contribution in [0.5, 0.6) is 5.75 Å². The zero-order chi connectivity index (χ0) is 26.0. The number of anilines is 3. The van der Waals surface area contributed by atoms with Crippen molar-refractivity contribution in [3.63, 3.8) is 0 Å². The van der Waals surface area contributed by atoms with Gasteiger partial charge in [0.15, 0.2) is 0 Å². The minimum atomic E-state index is -0.481. The summed E-state index contributed by atoms with van der Waals surface area (Å²) >= 11 is 1.50. The van der Waals surface area contributed by atoms with Gasteiger partial charge in [-0.2, -0.15) is 4.98 Å². The van der Waals surface area contributed by atoms with Crippen LogP contribution >= 0.6 is 11.8 Å². The van der Waals surface area contributed by atoms with Gasteiger partial charge < -0.3 is 25.4 Å². The maximum Gasteiger partial charge on any atom is 0.242 e. The first-order valence-corrected chi connectivity index (χ1v) is 13.3. The van der Waals surface area contributed by atoms with Crippen molar-refractivity contribution < 1.29 is 14.3 Å². The maximum atomic E-state index is 13.1. The van der Waals surface area contributed by atoms with Crippen molar-refractivity contribution in [3.8, 4) is 5.75 Å². The van der Waals surface area contributed by atoms with Crippen LogP contribution in [0.25, 0.3) is 0 Å². The fourth-order valence-corrected chi connectivity index (χ4v) is 4.76. The van der Waals surface area contributed by atoms with E-state index in [4.69, 9.17) is 14.5 Å². The Balaban J connectivity index is 1.55. The van der Waals surface area contributed by atoms with E-state index in [1.165, 1.54) is 11.8 Å². The zero-order valence-corrected chi connectivity index (χ0v) is 22.3. The van der Waals surface area contributed by atoms with Gasteiger partial charge in [0.25, 0.3) is 0 Å². The minimum absolute atomic E-state index is 0.0818. The van der Waals surface area contributed by atoms with Crippen LogP contribution in [0.2, 0.25) is 0 Å². The number of rotatable bonds is 12. The highest BCUT2D eigenvalue weighted by Crippen LogP contribution is 2.30. The van der Waals surface area contributed by atoms with Gasteiger partial charge in [-0.3, -0.25) is 4.79 Å². The maximum absolute atomic E-state index is 13.1. The molecule has 4 rings (SSSR count). The van der Waals surface area contributed by atoms with Gasteiger partial charge in [0.1, 0.15) is 28.5 Å². The van der Waals surface area contributed by atoms with Gasteiger partial charge in [0.05, 0.1) is 13.2 Å². The number of pyridine rings is 1. The molecule has 0 saturated carbocycles. The molecule has 3 heterocycles. The molecule has 1 aromatic carbocycles. The number of carbonyl (C=O) groups excluding carboxylic acids is 1. The SMILES string of the molecule is COc1ccc(Sc2cc(Nc3ccccn3)nc(N[C@@H](CC(C)C)C(=O)NCC3CCCO3)n2)cc1. The van der Waals surface area contributed by atoms with E-state index in [0.717, 1.165) is 35.1 Å². The largest absolute Gasteiger partial charge is 0.497 e. The molecule has 9 nitrogen and oxygen atoms in total. The first-order chi connectivity index (χ1) is 18.0. The molecule has 1 unspecified atom stereocenters. The number of nitrogens with zero attached hydrogens (tertiary/aromatic N) is 3. The smallest absolute Gasteiger partial charge is 0.242 e. The van der Waals surface area contributed by atoms with Crippen molar-refractivity contribution in [1.29, 1.82) is 0 Å². The van der Waals surface area contributed by atoms with E-state index in [1.54, 1.807) is 13.3 Å². The third-order valence-electron chi connectivity index (χ3n) is 5.76. The lowest BCUT2D eigenvalue weighted by molar-refractivity contribution is -0.122. The van der Waals surface area contributed by atoms with Gasteiger partial charge in [-0.05, 0) is 61.6 Å². The highest BCUT2D eigenvalue weighted by Gasteiger charge is 2.23. The van der Waals surface area contributed by atoms with Gasteiger partial charge in [-0.1, -0.05) is 31.7 Å². The van der Waals surface area contributed by atoms with Crippen molar-refractivity contribution in [3.05, 3.63) is 54.7 Å². The number of methoxy groups -OCH3 is 1. The molecule has 1 aliphatic heterocycles. The second-order valence-electron chi connectivity index (χ2n) is 9.24. The number of benzene rings is 1.